The predicted octanol–water partition coefficient (Wildman–Crippen LogP) is 5.31. The van der Waals surface area contributed by atoms with Gasteiger partial charge in [0, 0.05) is 16.8 Å². The van der Waals surface area contributed by atoms with E-state index in [-0.39, 0.29) is 5.91 Å². The average Bonchev–Trinajstić information content (AvgIpc) is 3.13. The van der Waals surface area contributed by atoms with Gasteiger partial charge >= 0.3 is 0 Å². The second kappa shape index (κ2) is 6.84. The summed E-state index contributed by atoms with van der Waals surface area (Å²) in [6, 6.07) is 22.8. The number of amides is 1. The van der Waals surface area contributed by atoms with Crippen LogP contribution >= 0.6 is 0 Å². The summed E-state index contributed by atoms with van der Waals surface area (Å²) in [5.74, 6) is 0.446. The second-order valence-electron chi connectivity index (χ2n) is 6.07. The van der Waals surface area contributed by atoms with Gasteiger partial charge in [0.1, 0.15) is 5.52 Å². The van der Waals surface area contributed by atoms with Gasteiger partial charge in [-0.1, -0.05) is 31.2 Å². The van der Waals surface area contributed by atoms with E-state index in [9.17, 15) is 4.79 Å². The zero-order valence-corrected chi connectivity index (χ0v) is 14.4. The molecule has 0 spiro atoms. The largest absolute Gasteiger partial charge is 0.436 e. The number of fused-ring (bicyclic) bond motifs is 1. The van der Waals surface area contributed by atoms with Gasteiger partial charge in [0.05, 0.1) is 0 Å². The Morgan fingerprint density at radius 1 is 0.962 bits per heavy atom. The first-order chi connectivity index (χ1) is 12.7. The Morgan fingerprint density at radius 3 is 2.38 bits per heavy atom. The van der Waals surface area contributed by atoms with E-state index in [2.05, 4.69) is 17.2 Å². The smallest absolute Gasteiger partial charge is 0.255 e. The molecule has 0 radical (unpaired) electrons. The number of nitrogens with zero attached hydrogens (tertiary/aromatic N) is 1. The van der Waals surface area contributed by atoms with Gasteiger partial charge in [-0.05, 0) is 60.5 Å². The number of nitrogens with one attached hydrogen (secondary N) is 1. The number of aryl methyl sites for hydroxylation is 1. The molecule has 4 nitrogen and oxygen atoms in total. The van der Waals surface area contributed by atoms with Crippen molar-refractivity contribution in [1.82, 2.24) is 4.98 Å². The van der Waals surface area contributed by atoms with Crippen molar-refractivity contribution in [3.63, 3.8) is 0 Å². The van der Waals surface area contributed by atoms with Crippen molar-refractivity contribution >= 4 is 22.7 Å². The van der Waals surface area contributed by atoms with Crippen molar-refractivity contribution in [2.75, 3.05) is 5.32 Å². The molecule has 1 aromatic heterocycles. The summed E-state index contributed by atoms with van der Waals surface area (Å²) in [7, 11) is 0. The van der Waals surface area contributed by atoms with E-state index in [0.717, 1.165) is 28.8 Å². The van der Waals surface area contributed by atoms with Crippen molar-refractivity contribution in [2.45, 2.75) is 13.3 Å². The highest BCUT2D eigenvalue weighted by molar-refractivity contribution is 6.04. The summed E-state index contributed by atoms with van der Waals surface area (Å²) in [5, 5.41) is 2.91. The fourth-order valence-corrected chi connectivity index (χ4v) is 2.79. The van der Waals surface area contributed by atoms with Gasteiger partial charge in [0.25, 0.3) is 5.91 Å². The second-order valence-corrected chi connectivity index (χ2v) is 6.07. The van der Waals surface area contributed by atoms with E-state index in [1.54, 1.807) is 0 Å². The highest BCUT2D eigenvalue weighted by Crippen LogP contribution is 2.25. The average molecular weight is 342 g/mol. The lowest BCUT2D eigenvalue weighted by Crippen LogP contribution is -2.11. The maximum absolute atomic E-state index is 12.3. The van der Waals surface area contributed by atoms with E-state index < -0.39 is 0 Å². The van der Waals surface area contributed by atoms with Crippen LogP contribution in [-0.4, -0.2) is 10.9 Å². The molecule has 1 heterocycles. The zero-order valence-electron chi connectivity index (χ0n) is 14.4. The Kier molecular flexibility index (Phi) is 4.23. The minimum atomic E-state index is -0.123. The van der Waals surface area contributed by atoms with Crippen LogP contribution < -0.4 is 5.32 Å². The first kappa shape index (κ1) is 16.1. The van der Waals surface area contributed by atoms with E-state index in [0.29, 0.717) is 11.5 Å². The third-order valence-electron chi connectivity index (χ3n) is 4.31. The van der Waals surface area contributed by atoms with Crippen LogP contribution in [0.15, 0.2) is 77.2 Å². The highest BCUT2D eigenvalue weighted by atomic mass is 16.3. The monoisotopic (exact) mass is 342 g/mol. The van der Waals surface area contributed by atoms with Crippen LogP contribution in [0, 0.1) is 0 Å². The Labute approximate surface area is 151 Å². The summed E-state index contributed by atoms with van der Waals surface area (Å²) in [5.41, 5.74) is 5.04. The Bertz CT molecular complexity index is 1010. The van der Waals surface area contributed by atoms with Crippen LogP contribution in [0.4, 0.5) is 5.69 Å². The molecule has 3 aromatic carbocycles. The molecule has 0 aliphatic heterocycles. The molecule has 0 aliphatic carbocycles. The topological polar surface area (TPSA) is 55.1 Å². The van der Waals surface area contributed by atoms with Crippen molar-refractivity contribution in [2.24, 2.45) is 0 Å². The lowest BCUT2D eigenvalue weighted by Gasteiger charge is -2.06. The molecule has 4 heteroatoms. The minimum Gasteiger partial charge on any atom is -0.436 e. The standard InChI is InChI=1S/C22H18N2O2/c1-2-15-7-9-16(10-8-15)21(25)23-18-13-11-17(12-14-18)22-24-19-5-3-4-6-20(19)26-22/h3-14H,2H2,1H3,(H,23,25). The van der Waals surface area contributed by atoms with Crippen molar-refractivity contribution in [3.8, 4) is 11.5 Å². The molecule has 0 atom stereocenters. The number of para-hydroxylation sites is 2. The molecule has 0 bridgehead atoms. The summed E-state index contributed by atoms with van der Waals surface area (Å²) < 4.78 is 5.77. The number of benzene rings is 3. The quantitative estimate of drug-likeness (QED) is 0.547. The summed E-state index contributed by atoms with van der Waals surface area (Å²) in [6.07, 6.45) is 0.958. The Balaban J connectivity index is 1.50. The fraction of sp³-hybridized carbons (Fsp3) is 0.0909. The van der Waals surface area contributed by atoms with Gasteiger partial charge in [-0.3, -0.25) is 4.79 Å². The molecule has 0 unspecified atom stereocenters. The van der Waals surface area contributed by atoms with Crippen molar-refractivity contribution in [1.29, 1.82) is 0 Å². The van der Waals surface area contributed by atoms with Gasteiger partial charge in [-0.25, -0.2) is 4.98 Å². The van der Waals surface area contributed by atoms with Gasteiger partial charge in [0.2, 0.25) is 5.89 Å². The first-order valence-electron chi connectivity index (χ1n) is 8.59. The molecule has 0 saturated heterocycles. The van der Waals surface area contributed by atoms with Crippen molar-refractivity contribution in [3.05, 3.63) is 83.9 Å². The summed E-state index contributed by atoms with van der Waals surface area (Å²) in [4.78, 5) is 16.8. The maximum atomic E-state index is 12.3. The Morgan fingerprint density at radius 2 is 1.69 bits per heavy atom. The van der Waals surface area contributed by atoms with Crippen LogP contribution in [0.2, 0.25) is 0 Å². The van der Waals surface area contributed by atoms with Crippen LogP contribution in [0.1, 0.15) is 22.8 Å². The molecule has 128 valence electrons. The van der Waals surface area contributed by atoms with E-state index in [1.807, 2.05) is 72.8 Å². The molecule has 0 fully saturated rings. The number of hydrogen-bond acceptors (Lipinski definition) is 3. The minimum absolute atomic E-state index is 0.123. The van der Waals surface area contributed by atoms with E-state index >= 15 is 0 Å². The Hall–Kier alpha value is -3.40. The van der Waals surface area contributed by atoms with Gasteiger partial charge < -0.3 is 9.73 Å². The molecule has 1 amide bonds. The lowest BCUT2D eigenvalue weighted by atomic mass is 10.1. The van der Waals surface area contributed by atoms with Crippen LogP contribution in [0.3, 0.4) is 0 Å². The molecule has 4 rings (SSSR count). The third-order valence-corrected chi connectivity index (χ3v) is 4.31. The predicted molar refractivity (Wildman–Crippen MR) is 103 cm³/mol. The highest BCUT2D eigenvalue weighted by Gasteiger charge is 2.09. The lowest BCUT2D eigenvalue weighted by molar-refractivity contribution is 0.102. The van der Waals surface area contributed by atoms with E-state index in [1.165, 1.54) is 5.56 Å². The normalized spacial score (nSPS) is 10.8. The number of carbonyl (C=O) groups excluding carboxylic acids is 1. The first-order valence-corrected chi connectivity index (χ1v) is 8.59. The van der Waals surface area contributed by atoms with Gasteiger partial charge in [-0.2, -0.15) is 0 Å². The summed E-state index contributed by atoms with van der Waals surface area (Å²) in [6.45, 7) is 2.09. The number of aromatic nitrogens is 1. The van der Waals surface area contributed by atoms with Gasteiger partial charge in [-0.15, -0.1) is 0 Å². The zero-order chi connectivity index (χ0) is 17.9. The van der Waals surface area contributed by atoms with Crippen molar-refractivity contribution < 1.29 is 9.21 Å². The van der Waals surface area contributed by atoms with Crippen LogP contribution in [-0.2, 0) is 6.42 Å². The fourth-order valence-electron chi connectivity index (χ4n) is 2.79. The molecule has 0 aliphatic rings. The van der Waals surface area contributed by atoms with E-state index in [4.69, 9.17) is 4.42 Å². The molecule has 1 N–H and O–H groups in total. The number of hydrogen-bond donors (Lipinski definition) is 1. The maximum Gasteiger partial charge on any atom is 0.255 e. The van der Waals surface area contributed by atoms with Crippen LogP contribution in [0.25, 0.3) is 22.6 Å². The number of oxazole rings is 1. The molecule has 0 saturated carbocycles. The van der Waals surface area contributed by atoms with Crippen LogP contribution in [0.5, 0.6) is 0 Å². The number of anilines is 1. The number of carbonyl (C=O) groups is 1. The molecular formula is C22H18N2O2. The summed E-state index contributed by atoms with van der Waals surface area (Å²) >= 11 is 0. The number of rotatable bonds is 4. The molecule has 4 aromatic rings. The molecular weight excluding hydrogens is 324 g/mol. The third kappa shape index (κ3) is 3.22. The molecule has 26 heavy (non-hydrogen) atoms. The van der Waals surface area contributed by atoms with Gasteiger partial charge in [0.15, 0.2) is 5.58 Å². The SMILES string of the molecule is CCc1ccc(C(=O)Nc2ccc(-c3nc4ccccc4o3)cc2)cc1.